The number of ether oxygens (including phenoxy) is 1. The molecule has 1 amide bonds. The second kappa shape index (κ2) is 6.92. The van der Waals surface area contributed by atoms with Gasteiger partial charge in [0.2, 0.25) is 5.91 Å². The van der Waals surface area contributed by atoms with Crippen LogP contribution in [0.4, 0.5) is 0 Å². The van der Waals surface area contributed by atoms with Crippen molar-refractivity contribution in [2.75, 3.05) is 13.2 Å². The van der Waals surface area contributed by atoms with Crippen molar-refractivity contribution < 1.29 is 9.53 Å². The molecule has 26 heavy (non-hydrogen) atoms. The molecule has 1 fully saturated rings. The maximum Gasteiger partial charge on any atom is 0.226 e. The molecule has 3 aromatic rings. The molecule has 0 aliphatic carbocycles. The van der Waals surface area contributed by atoms with E-state index in [0.29, 0.717) is 13.2 Å². The lowest BCUT2D eigenvalue weighted by Crippen LogP contribution is -2.32. The van der Waals surface area contributed by atoms with Gasteiger partial charge in [-0.25, -0.2) is 4.98 Å². The summed E-state index contributed by atoms with van der Waals surface area (Å²) in [4.78, 5) is 16.9. The van der Waals surface area contributed by atoms with Gasteiger partial charge in [0.25, 0.3) is 0 Å². The van der Waals surface area contributed by atoms with Crippen molar-refractivity contribution in [1.82, 2.24) is 24.6 Å². The van der Waals surface area contributed by atoms with Crippen molar-refractivity contribution in [3.63, 3.8) is 0 Å². The molecule has 1 aliphatic heterocycles. The van der Waals surface area contributed by atoms with E-state index in [1.54, 1.807) is 6.20 Å². The predicted octanol–water partition coefficient (Wildman–Crippen LogP) is 1.74. The fourth-order valence-corrected chi connectivity index (χ4v) is 3.66. The Morgan fingerprint density at radius 3 is 3.00 bits per heavy atom. The van der Waals surface area contributed by atoms with E-state index in [1.165, 1.54) is 0 Å². The number of carbonyl (C=O) groups is 1. The smallest absolute Gasteiger partial charge is 0.226 e. The molecule has 0 saturated carbocycles. The number of benzene rings is 1. The Balaban J connectivity index is 1.40. The molecule has 0 radical (unpaired) electrons. The Kier molecular flexibility index (Phi) is 4.46. The van der Waals surface area contributed by atoms with Gasteiger partial charge in [-0.05, 0) is 12.5 Å². The number of imidazole rings is 1. The van der Waals surface area contributed by atoms with E-state index >= 15 is 0 Å². The molecule has 2 aromatic heterocycles. The van der Waals surface area contributed by atoms with Gasteiger partial charge in [0.15, 0.2) is 0 Å². The number of carbonyl (C=O) groups excluding carboxylic acids is 1. The molecule has 1 aliphatic rings. The Morgan fingerprint density at radius 2 is 2.19 bits per heavy atom. The first-order valence-corrected chi connectivity index (χ1v) is 8.89. The van der Waals surface area contributed by atoms with Gasteiger partial charge in [0.1, 0.15) is 11.9 Å². The van der Waals surface area contributed by atoms with Crippen molar-refractivity contribution in [2.45, 2.75) is 18.9 Å². The van der Waals surface area contributed by atoms with Gasteiger partial charge in [0, 0.05) is 50.9 Å². The maximum atomic E-state index is 12.5. The van der Waals surface area contributed by atoms with E-state index in [1.807, 2.05) is 53.8 Å². The molecule has 7 heteroatoms. The number of amides is 1. The fourth-order valence-electron chi connectivity index (χ4n) is 3.66. The van der Waals surface area contributed by atoms with Crippen LogP contribution in [0.1, 0.15) is 24.0 Å². The average molecular weight is 353 g/mol. The van der Waals surface area contributed by atoms with E-state index in [9.17, 15) is 4.79 Å². The predicted molar refractivity (Wildman–Crippen MR) is 97.4 cm³/mol. The number of aromatic nitrogens is 4. The monoisotopic (exact) mass is 353 g/mol. The molecule has 136 valence electrons. The van der Waals surface area contributed by atoms with E-state index in [0.717, 1.165) is 28.8 Å². The van der Waals surface area contributed by atoms with Crippen molar-refractivity contribution in [3.8, 4) is 0 Å². The molecular formula is C19H23N5O2. The Bertz CT molecular complexity index is 929. The second-order valence-corrected chi connectivity index (χ2v) is 6.80. The first kappa shape index (κ1) is 16.8. The van der Waals surface area contributed by atoms with Gasteiger partial charge in [-0.2, -0.15) is 5.10 Å². The Hall–Kier alpha value is -2.67. The molecule has 2 atom stereocenters. The Morgan fingerprint density at radius 1 is 1.35 bits per heavy atom. The highest BCUT2D eigenvalue weighted by atomic mass is 16.5. The molecule has 1 saturated heterocycles. The molecule has 1 aromatic carbocycles. The largest absolute Gasteiger partial charge is 0.370 e. The van der Waals surface area contributed by atoms with Gasteiger partial charge >= 0.3 is 0 Å². The highest BCUT2D eigenvalue weighted by molar-refractivity contribution is 5.87. The number of hydrogen-bond donors (Lipinski definition) is 1. The Labute approximate surface area is 152 Å². The number of rotatable bonds is 5. The van der Waals surface area contributed by atoms with Gasteiger partial charge < -0.3 is 14.6 Å². The minimum absolute atomic E-state index is 0.0145. The van der Waals surface area contributed by atoms with Crippen molar-refractivity contribution in [2.24, 2.45) is 20.0 Å². The van der Waals surface area contributed by atoms with Crippen LogP contribution in [0.5, 0.6) is 0 Å². The molecule has 7 nitrogen and oxygen atoms in total. The third-order valence-electron chi connectivity index (χ3n) is 5.05. The first-order chi connectivity index (χ1) is 12.6. The van der Waals surface area contributed by atoms with Crippen molar-refractivity contribution in [3.05, 3.63) is 48.2 Å². The van der Waals surface area contributed by atoms with Gasteiger partial charge in [-0.15, -0.1) is 0 Å². The van der Waals surface area contributed by atoms with Crippen LogP contribution < -0.4 is 5.32 Å². The zero-order chi connectivity index (χ0) is 18.1. The summed E-state index contributed by atoms with van der Waals surface area (Å²) in [7, 11) is 3.86. The van der Waals surface area contributed by atoms with Crippen LogP contribution >= 0.6 is 0 Å². The molecule has 0 unspecified atom stereocenters. The summed E-state index contributed by atoms with van der Waals surface area (Å²) in [6.45, 7) is 1.28. The zero-order valence-corrected chi connectivity index (χ0v) is 15.1. The lowest BCUT2D eigenvalue weighted by molar-refractivity contribution is -0.120. The SMILES string of the molecule is Cn1ccnc1[C@@H]1OCC[C@H]1CNC(=O)Cc1nn(C)c2ccccc12. The van der Waals surface area contributed by atoms with Crippen LogP contribution in [0.2, 0.25) is 0 Å². The van der Waals surface area contributed by atoms with Crippen molar-refractivity contribution >= 4 is 16.8 Å². The van der Waals surface area contributed by atoms with Gasteiger partial charge in [0.05, 0.1) is 17.6 Å². The fraction of sp³-hybridized carbons (Fsp3) is 0.421. The van der Waals surface area contributed by atoms with Crippen LogP contribution in [-0.4, -0.2) is 38.4 Å². The quantitative estimate of drug-likeness (QED) is 0.758. The summed E-state index contributed by atoms with van der Waals surface area (Å²) >= 11 is 0. The summed E-state index contributed by atoms with van der Waals surface area (Å²) in [5.74, 6) is 1.14. The second-order valence-electron chi connectivity index (χ2n) is 6.80. The summed E-state index contributed by atoms with van der Waals surface area (Å²) in [5, 5.41) is 8.58. The summed E-state index contributed by atoms with van der Waals surface area (Å²) in [6.07, 6.45) is 4.83. The van der Waals surface area contributed by atoms with Crippen LogP contribution in [0.3, 0.4) is 0 Å². The standard InChI is InChI=1S/C19H23N5O2/c1-23-9-8-20-19(23)18-13(7-10-26-18)12-21-17(25)11-15-14-5-3-4-6-16(14)24(2)22-15/h3-6,8-9,13,18H,7,10-12H2,1-2H3,(H,21,25)/t13-,18+/m0/s1. The van der Waals surface area contributed by atoms with E-state index in [4.69, 9.17) is 4.74 Å². The van der Waals surface area contributed by atoms with Gasteiger partial charge in [-0.1, -0.05) is 18.2 Å². The van der Waals surface area contributed by atoms with Crippen LogP contribution in [-0.2, 0) is 30.0 Å². The molecule has 4 rings (SSSR count). The van der Waals surface area contributed by atoms with Gasteiger partial charge in [-0.3, -0.25) is 9.48 Å². The number of nitrogens with zero attached hydrogens (tertiary/aromatic N) is 4. The minimum atomic E-state index is -0.0639. The number of fused-ring (bicyclic) bond motifs is 1. The molecule has 0 spiro atoms. The van der Waals surface area contributed by atoms with Crippen LogP contribution in [0.15, 0.2) is 36.7 Å². The van der Waals surface area contributed by atoms with E-state index < -0.39 is 0 Å². The van der Waals surface area contributed by atoms with Crippen LogP contribution in [0.25, 0.3) is 10.9 Å². The summed E-state index contributed by atoms with van der Waals surface area (Å²) in [6, 6.07) is 7.97. The summed E-state index contributed by atoms with van der Waals surface area (Å²) in [5.41, 5.74) is 1.85. The summed E-state index contributed by atoms with van der Waals surface area (Å²) < 4.78 is 9.65. The number of aryl methyl sites for hydroxylation is 2. The van der Waals surface area contributed by atoms with Crippen LogP contribution in [0, 0.1) is 5.92 Å². The molecular weight excluding hydrogens is 330 g/mol. The molecule has 0 bridgehead atoms. The highest BCUT2D eigenvalue weighted by Crippen LogP contribution is 2.32. The lowest BCUT2D eigenvalue weighted by atomic mass is 10.0. The maximum absolute atomic E-state index is 12.5. The number of nitrogens with one attached hydrogen (secondary N) is 1. The van der Waals surface area contributed by atoms with E-state index in [-0.39, 0.29) is 24.3 Å². The van der Waals surface area contributed by atoms with E-state index in [2.05, 4.69) is 15.4 Å². The molecule has 1 N–H and O–H groups in total. The average Bonchev–Trinajstić information content (AvgIpc) is 3.33. The third kappa shape index (κ3) is 3.10. The lowest BCUT2D eigenvalue weighted by Gasteiger charge is -2.18. The topological polar surface area (TPSA) is 74.0 Å². The minimum Gasteiger partial charge on any atom is -0.370 e. The highest BCUT2D eigenvalue weighted by Gasteiger charge is 2.32. The third-order valence-corrected chi connectivity index (χ3v) is 5.05. The first-order valence-electron chi connectivity index (χ1n) is 8.89. The zero-order valence-electron chi connectivity index (χ0n) is 15.1. The number of hydrogen-bond acceptors (Lipinski definition) is 4. The number of para-hydroxylation sites is 1. The normalized spacial score (nSPS) is 19.9. The van der Waals surface area contributed by atoms with Crippen molar-refractivity contribution in [1.29, 1.82) is 0 Å². The molecule has 3 heterocycles.